The molecule has 2 atom stereocenters. The highest BCUT2D eigenvalue weighted by Crippen LogP contribution is 2.16. The van der Waals surface area contributed by atoms with Gasteiger partial charge < -0.3 is 15.6 Å². The number of amides is 1. The molecule has 2 heterocycles. The summed E-state index contributed by atoms with van der Waals surface area (Å²) >= 11 is 0. The summed E-state index contributed by atoms with van der Waals surface area (Å²) in [5.41, 5.74) is 1.93. The minimum atomic E-state index is -0.112. The van der Waals surface area contributed by atoms with Crippen molar-refractivity contribution in [2.75, 3.05) is 6.54 Å². The van der Waals surface area contributed by atoms with E-state index < -0.39 is 0 Å². The number of fused-ring (bicyclic) bond motifs is 1. The van der Waals surface area contributed by atoms with Crippen LogP contribution in [0.25, 0.3) is 11.0 Å². The number of benzene rings is 1. The number of imidazole rings is 1. The lowest BCUT2D eigenvalue weighted by Gasteiger charge is -2.24. The number of hydrogen-bond donors (Lipinski definition) is 3. The molecule has 3 N–H and O–H groups in total. The quantitative estimate of drug-likeness (QED) is 0.801. The highest BCUT2D eigenvalue weighted by molar-refractivity contribution is 5.85. The van der Waals surface area contributed by atoms with E-state index in [4.69, 9.17) is 0 Å². The van der Waals surface area contributed by atoms with Gasteiger partial charge in [-0.1, -0.05) is 18.6 Å². The average molecular weight is 345 g/mol. The fraction of sp³-hybridized carbons (Fsp3) is 0.467. The van der Waals surface area contributed by atoms with Crippen LogP contribution in [0.3, 0.4) is 0 Å². The van der Waals surface area contributed by atoms with Gasteiger partial charge in [-0.3, -0.25) is 4.79 Å². The van der Waals surface area contributed by atoms with Crippen molar-refractivity contribution in [1.82, 2.24) is 20.6 Å². The first-order valence-corrected chi connectivity index (χ1v) is 7.22. The van der Waals surface area contributed by atoms with Crippen molar-refractivity contribution in [3.63, 3.8) is 0 Å². The van der Waals surface area contributed by atoms with Crippen LogP contribution < -0.4 is 10.6 Å². The predicted molar refractivity (Wildman–Crippen MR) is 92.8 cm³/mol. The van der Waals surface area contributed by atoms with Crippen LogP contribution >= 0.6 is 24.8 Å². The average Bonchev–Trinajstić information content (AvgIpc) is 2.92. The summed E-state index contributed by atoms with van der Waals surface area (Å²) in [4.78, 5) is 20.0. The first kappa shape index (κ1) is 18.7. The second-order valence-corrected chi connectivity index (χ2v) is 5.37. The number of H-pyrrole nitrogens is 1. The molecule has 0 radical (unpaired) electrons. The lowest BCUT2D eigenvalue weighted by molar-refractivity contribution is -0.124. The van der Waals surface area contributed by atoms with E-state index in [-0.39, 0.29) is 42.8 Å². The van der Waals surface area contributed by atoms with Crippen LogP contribution in [0.2, 0.25) is 0 Å². The van der Waals surface area contributed by atoms with Gasteiger partial charge in [0.05, 0.1) is 23.1 Å². The normalized spacial score (nSPS) is 18.9. The summed E-state index contributed by atoms with van der Waals surface area (Å²) in [6.07, 6.45) is 3.19. The smallest absolute Gasteiger partial charge is 0.237 e. The first-order chi connectivity index (χ1) is 9.74. The lowest BCUT2D eigenvalue weighted by atomic mass is 10.0. The number of halogens is 2. The molecule has 22 heavy (non-hydrogen) atoms. The Hall–Kier alpha value is -1.30. The zero-order chi connectivity index (χ0) is 13.9. The van der Waals surface area contributed by atoms with Gasteiger partial charge in [-0.05, 0) is 38.4 Å². The molecular weight excluding hydrogens is 323 g/mol. The Kier molecular flexibility index (Phi) is 7.13. The Morgan fingerprint density at radius 3 is 2.77 bits per heavy atom. The molecule has 1 aromatic heterocycles. The predicted octanol–water partition coefficient (Wildman–Crippen LogP) is 2.73. The van der Waals surface area contributed by atoms with Crippen molar-refractivity contribution in [2.24, 2.45) is 0 Å². The molecule has 5 nitrogen and oxygen atoms in total. The molecule has 0 spiro atoms. The number of hydrogen-bond acceptors (Lipinski definition) is 3. The number of para-hydroxylation sites is 2. The van der Waals surface area contributed by atoms with Crippen molar-refractivity contribution in [2.45, 2.75) is 38.3 Å². The monoisotopic (exact) mass is 344 g/mol. The molecule has 1 fully saturated rings. The minimum Gasteiger partial charge on any atom is -0.345 e. The maximum absolute atomic E-state index is 12.2. The third-order valence-electron chi connectivity index (χ3n) is 3.80. The van der Waals surface area contributed by atoms with Crippen LogP contribution in [-0.4, -0.2) is 28.5 Å². The van der Waals surface area contributed by atoms with Crippen molar-refractivity contribution >= 4 is 41.8 Å². The summed E-state index contributed by atoms with van der Waals surface area (Å²) in [6, 6.07) is 7.71. The summed E-state index contributed by atoms with van der Waals surface area (Å²) in [6.45, 7) is 2.88. The molecule has 0 aliphatic carbocycles. The summed E-state index contributed by atoms with van der Waals surface area (Å²) in [5, 5.41) is 6.29. The molecule has 1 aliphatic rings. The van der Waals surface area contributed by atoms with Crippen LogP contribution in [-0.2, 0) is 4.79 Å². The Morgan fingerprint density at radius 1 is 1.32 bits per heavy atom. The zero-order valence-electron chi connectivity index (χ0n) is 12.5. The molecule has 0 saturated carbocycles. The van der Waals surface area contributed by atoms with E-state index in [1.165, 1.54) is 0 Å². The van der Waals surface area contributed by atoms with Crippen molar-refractivity contribution < 1.29 is 4.79 Å². The molecule has 1 unspecified atom stereocenters. The number of rotatable bonds is 3. The molecule has 2 aromatic rings. The van der Waals surface area contributed by atoms with Crippen molar-refractivity contribution in [1.29, 1.82) is 0 Å². The number of piperidine rings is 1. The summed E-state index contributed by atoms with van der Waals surface area (Å²) < 4.78 is 0. The van der Waals surface area contributed by atoms with Crippen LogP contribution in [0, 0.1) is 0 Å². The Morgan fingerprint density at radius 2 is 2.09 bits per heavy atom. The van der Waals surface area contributed by atoms with E-state index >= 15 is 0 Å². The highest BCUT2D eigenvalue weighted by Gasteiger charge is 2.22. The molecular formula is C15H22Cl2N4O. The van der Waals surface area contributed by atoms with Gasteiger partial charge in [0.15, 0.2) is 0 Å². The van der Waals surface area contributed by atoms with Gasteiger partial charge in [0.1, 0.15) is 5.82 Å². The molecule has 1 aliphatic heterocycles. The van der Waals surface area contributed by atoms with Crippen molar-refractivity contribution in [3.8, 4) is 0 Å². The number of nitrogens with zero attached hydrogens (tertiary/aromatic N) is 1. The largest absolute Gasteiger partial charge is 0.345 e. The van der Waals surface area contributed by atoms with Gasteiger partial charge >= 0.3 is 0 Å². The van der Waals surface area contributed by atoms with E-state index in [2.05, 4.69) is 20.6 Å². The number of aromatic amines is 1. The second-order valence-electron chi connectivity index (χ2n) is 5.37. The van der Waals surface area contributed by atoms with Crippen LogP contribution in [0.5, 0.6) is 0 Å². The highest BCUT2D eigenvalue weighted by atomic mass is 35.5. The van der Waals surface area contributed by atoms with E-state index in [0.29, 0.717) is 0 Å². The van der Waals surface area contributed by atoms with Crippen LogP contribution in [0.1, 0.15) is 38.1 Å². The van der Waals surface area contributed by atoms with E-state index in [1.54, 1.807) is 0 Å². The molecule has 122 valence electrons. The molecule has 7 heteroatoms. The van der Waals surface area contributed by atoms with E-state index in [1.807, 2.05) is 31.2 Å². The number of aromatic nitrogens is 2. The fourth-order valence-electron chi connectivity index (χ4n) is 2.64. The van der Waals surface area contributed by atoms with Gasteiger partial charge in [0, 0.05) is 0 Å². The Bertz CT molecular complexity index is 577. The minimum absolute atomic E-state index is 0. The Balaban J connectivity index is 0.00000121. The van der Waals surface area contributed by atoms with Gasteiger partial charge in [0.2, 0.25) is 5.91 Å². The van der Waals surface area contributed by atoms with E-state index in [0.717, 1.165) is 42.7 Å². The molecule has 1 saturated heterocycles. The van der Waals surface area contributed by atoms with E-state index in [9.17, 15) is 4.79 Å². The topological polar surface area (TPSA) is 69.8 Å². The van der Waals surface area contributed by atoms with Gasteiger partial charge in [-0.2, -0.15) is 0 Å². The molecule has 1 amide bonds. The molecule has 0 bridgehead atoms. The van der Waals surface area contributed by atoms with Crippen LogP contribution in [0.15, 0.2) is 24.3 Å². The number of carbonyl (C=O) groups excluding carboxylic acids is 1. The zero-order valence-corrected chi connectivity index (χ0v) is 14.1. The third kappa shape index (κ3) is 4.12. The number of carbonyl (C=O) groups is 1. The Labute approximate surface area is 142 Å². The summed E-state index contributed by atoms with van der Waals surface area (Å²) in [7, 11) is 0. The maximum Gasteiger partial charge on any atom is 0.237 e. The first-order valence-electron chi connectivity index (χ1n) is 7.22. The molecule has 3 rings (SSSR count). The third-order valence-corrected chi connectivity index (χ3v) is 3.80. The van der Waals surface area contributed by atoms with Crippen molar-refractivity contribution in [3.05, 3.63) is 30.1 Å². The van der Waals surface area contributed by atoms with Gasteiger partial charge in [-0.15, -0.1) is 24.8 Å². The fourth-order valence-corrected chi connectivity index (χ4v) is 2.64. The summed E-state index contributed by atoms with van der Waals surface area (Å²) in [5.74, 6) is 0.869. The maximum atomic E-state index is 12.2. The van der Waals surface area contributed by atoms with Crippen LogP contribution in [0.4, 0.5) is 0 Å². The standard InChI is InChI=1S/C15H20N4O.2ClH/c1-10(17-15(20)13-8-4-5-9-16-13)14-18-11-6-2-3-7-12(11)19-14;;/h2-3,6-7,10,13,16H,4-5,8-9H2,1H3,(H,17,20)(H,18,19);2*1H/t10?,13-;;/m1../s1. The lowest BCUT2D eigenvalue weighted by Crippen LogP contribution is -2.47. The molecule has 1 aromatic carbocycles. The van der Waals surface area contributed by atoms with Gasteiger partial charge in [0.25, 0.3) is 0 Å². The second kappa shape index (κ2) is 8.36. The number of nitrogens with one attached hydrogen (secondary N) is 3. The SMILES string of the molecule is CC(NC(=O)[C@H]1CCCCN1)c1nc2ccccc2[nH]1.Cl.Cl. The van der Waals surface area contributed by atoms with Gasteiger partial charge in [-0.25, -0.2) is 4.98 Å².